The van der Waals surface area contributed by atoms with Gasteiger partial charge in [0.25, 0.3) is 0 Å². The molecule has 6 heteroatoms. The molecule has 1 aromatic rings. The molecule has 0 spiro atoms. The van der Waals surface area contributed by atoms with Gasteiger partial charge in [0, 0.05) is 4.90 Å². The van der Waals surface area contributed by atoms with Crippen LogP contribution in [0.4, 0.5) is 13.2 Å². The maximum atomic E-state index is 12.1. The van der Waals surface area contributed by atoms with Crippen LogP contribution in [-0.4, -0.2) is 17.2 Å². The number of halogens is 3. The van der Waals surface area contributed by atoms with E-state index in [1.54, 1.807) is 6.07 Å². The van der Waals surface area contributed by atoms with Crippen LogP contribution in [0.15, 0.2) is 29.2 Å². The van der Waals surface area contributed by atoms with E-state index in [1.165, 1.54) is 18.2 Å². The summed E-state index contributed by atoms with van der Waals surface area (Å²) in [5, 5.41) is 8.80. The SMILES string of the molecule is N[C@H](CO)c1ccccc1SC(F)(F)F. The Morgan fingerprint density at radius 1 is 1.33 bits per heavy atom. The number of alkyl halides is 3. The molecule has 1 aromatic carbocycles. The summed E-state index contributed by atoms with van der Waals surface area (Å²) >= 11 is -0.220. The third-order valence-corrected chi connectivity index (χ3v) is 2.56. The molecule has 84 valence electrons. The zero-order valence-corrected chi connectivity index (χ0v) is 8.48. The number of nitrogens with two attached hydrogens (primary N) is 1. The van der Waals surface area contributed by atoms with Crippen molar-refractivity contribution in [3.63, 3.8) is 0 Å². The molecule has 0 aliphatic heterocycles. The third kappa shape index (κ3) is 3.73. The van der Waals surface area contributed by atoms with Gasteiger partial charge in [0.15, 0.2) is 0 Å². The van der Waals surface area contributed by atoms with Crippen molar-refractivity contribution >= 4 is 11.8 Å². The Morgan fingerprint density at radius 2 is 1.93 bits per heavy atom. The van der Waals surface area contributed by atoms with E-state index in [0.717, 1.165) is 0 Å². The first-order chi connectivity index (χ1) is 6.94. The smallest absolute Gasteiger partial charge is 0.394 e. The predicted molar refractivity (Wildman–Crippen MR) is 52.4 cm³/mol. The largest absolute Gasteiger partial charge is 0.446 e. The summed E-state index contributed by atoms with van der Waals surface area (Å²) in [5.41, 5.74) is 1.45. The molecule has 3 N–H and O–H groups in total. The zero-order valence-electron chi connectivity index (χ0n) is 7.66. The second-order valence-electron chi connectivity index (χ2n) is 2.87. The molecule has 1 atom stereocenters. The molecule has 1 rings (SSSR count). The van der Waals surface area contributed by atoms with Crippen molar-refractivity contribution in [1.29, 1.82) is 0 Å². The van der Waals surface area contributed by atoms with Crippen LogP contribution in [0.1, 0.15) is 11.6 Å². The lowest BCUT2D eigenvalue weighted by atomic mass is 10.1. The monoisotopic (exact) mass is 237 g/mol. The van der Waals surface area contributed by atoms with E-state index < -0.39 is 11.6 Å². The van der Waals surface area contributed by atoms with Crippen LogP contribution in [0.25, 0.3) is 0 Å². The Labute approximate surface area is 89.3 Å². The number of benzene rings is 1. The highest BCUT2D eigenvalue weighted by Crippen LogP contribution is 2.39. The van der Waals surface area contributed by atoms with Gasteiger partial charge in [0.2, 0.25) is 0 Å². The van der Waals surface area contributed by atoms with Crippen molar-refractivity contribution in [3.05, 3.63) is 29.8 Å². The summed E-state index contributed by atoms with van der Waals surface area (Å²) in [7, 11) is 0. The Kier molecular flexibility index (Phi) is 4.01. The molecule has 0 aliphatic carbocycles. The average molecular weight is 237 g/mol. The maximum absolute atomic E-state index is 12.1. The molecule has 0 fully saturated rings. The molecule has 15 heavy (non-hydrogen) atoms. The Balaban J connectivity index is 2.96. The lowest BCUT2D eigenvalue weighted by Gasteiger charge is -2.14. The molecule has 0 amide bonds. The van der Waals surface area contributed by atoms with Crippen molar-refractivity contribution in [1.82, 2.24) is 0 Å². The Morgan fingerprint density at radius 3 is 2.47 bits per heavy atom. The fourth-order valence-corrected chi connectivity index (χ4v) is 1.84. The van der Waals surface area contributed by atoms with Crippen LogP contribution in [0.3, 0.4) is 0 Å². The van der Waals surface area contributed by atoms with Gasteiger partial charge in [-0.3, -0.25) is 0 Å². The van der Waals surface area contributed by atoms with E-state index >= 15 is 0 Å². The van der Waals surface area contributed by atoms with Crippen LogP contribution in [0.5, 0.6) is 0 Å². The molecule has 2 nitrogen and oxygen atoms in total. The van der Waals surface area contributed by atoms with Gasteiger partial charge >= 0.3 is 5.51 Å². The van der Waals surface area contributed by atoms with Crippen molar-refractivity contribution < 1.29 is 18.3 Å². The van der Waals surface area contributed by atoms with Crippen LogP contribution in [0, 0.1) is 0 Å². The predicted octanol–water partition coefficient (Wildman–Crippen LogP) is 2.29. The van der Waals surface area contributed by atoms with Crippen molar-refractivity contribution in [2.24, 2.45) is 5.73 Å². The minimum absolute atomic E-state index is 0.0338. The molecular weight excluding hydrogens is 227 g/mol. The summed E-state index contributed by atoms with van der Waals surface area (Å²) in [6.45, 7) is -0.380. The van der Waals surface area contributed by atoms with Gasteiger partial charge < -0.3 is 10.8 Å². The standard InChI is InChI=1S/C9H10F3NOS/c10-9(11,12)15-8-4-2-1-3-6(8)7(13)5-14/h1-4,7,14H,5,13H2/t7-/m1/s1. The van der Waals surface area contributed by atoms with Crippen LogP contribution >= 0.6 is 11.8 Å². The van der Waals surface area contributed by atoms with E-state index in [-0.39, 0.29) is 23.3 Å². The second kappa shape index (κ2) is 4.87. The van der Waals surface area contributed by atoms with Crippen LogP contribution in [0.2, 0.25) is 0 Å². The first-order valence-electron chi connectivity index (χ1n) is 4.15. The molecule has 0 heterocycles. The van der Waals surface area contributed by atoms with Gasteiger partial charge in [-0.2, -0.15) is 13.2 Å². The van der Waals surface area contributed by atoms with E-state index in [9.17, 15) is 13.2 Å². The van der Waals surface area contributed by atoms with E-state index in [4.69, 9.17) is 10.8 Å². The minimum Gasteiger partial charge on any atom is -0.394 e. The minimum atomic E-state index is -4.34. The summed E-state index contributed by atoms with van der Waals surface area (Å²) in [5.74, 6) is 0. The summed E-state index contributed by atoms with van der Waals surface area (Å²) in [6, 6.07) is 5.13. The highest BCUT2D eigenvalue weighted by atomic mass is 32.2. The Hall–Kier alpha value is -0.720. The molecule has 0 unspecified atom stereocenters. The van der Waals surface area contributed by atoms with E-state index in [0.29, 0.717) is 5.56 Å². The van der Waals surface area contributed by atoms with Gasteiger partial charge in [-0.05, 0) is 23.4 Å². The number of hydrogen-bond donors (Lipinski definition) is 2. The van der Waals surface area contributed by atoms with E-state index in [1.807, 2.05) is 0 Å². The highest BCUT2D eigenvalue weighted by Gasteiger charge is 2.30. The normalized spacial score (nSPS) is 13.9. The number of hydrogen-bond acceptors (Lipinski definition) is 3. The third-order valence-electron chi connectivity index (χ3n) is 1.74. The van der Waals surface area contributed by atoms with Gasteiger partial charge in [-0.1, -0.05) is 18.2 Å². The summed E-state index contributed by atoms with van der Waals surface area (Å²) < 4.78 is 36.4. The van der Waals surface area contributed by atoms with Crippen LogP contribution < -0.4 is 5.73 Å². The van der Waals surface area contributed by atoms with Crippen LogP contribution in [-0.2, 0) is 0 Å². The molecule has 0 saturated carbocycles. The van der Waals surface area contributed by atoms with Gasteiger partial charge in [-0.25, -0.2) is 0 Å². The molecule has 0 saturated heterocycles. The topological polar surface area (TPSA) is 46.2 Å². The highest BCUT2D eigenvalue weighted by molar-refractivity contribution is 8.00. The number of aliphatic hydroxyl groups excluding tert-OH is 1. The molecule has 0 aliphatic rings. The fourth-order valence-electron chi connectivity index (χ4n) is 1.10. The molecule has 0 aromatic heterocycles. The first-order valence-corrected chi connectivity index (χ1v) is 4.97. The van der Waals surface area contributed by atoms with E-state index in [2.05, 4.69) is 0 Å². The van der Waals surface area contributed by atoms with Crippen molar-refractivity contribution in [2.75, 3.05) is 6.61 Å². The quantitative estimate of drug-likeness (QED) is 0.793. The lowest BCUT2D eigenvalue weighted by Crippen LogP contribution is -2.16. The zero-order chi connectivity index (χ0) is 11.5. The summed E-state index contributed by atoms with van der Waals surface area (Å²) in [6.07, 6.45) is 0. The second-order valence-corrected chi connectivity index (χ2v) is 3.98. The molecular formula is C9H10F3NOS. The fraction of sp³-hybridized carbons (Fsp3) is 0.333. The van der Waals surface area contributed by atoms with Gasteiger partial charge in [-0.15, -0.1) is 0 Å². The first kappa shape index (κ1) is 12.4. The molecule has 0 radical (unpaired) electrons. The van der Waals surface area contributed by atoms with Crippen molar-refractivity contribution in [3.8, 4) is 0 Å². The Bertz CT molecular complexity index is 329. The average Bonchev–Trinajstić information content (AvgIpc) is 2.15. The number of thioether (sulfide) groups is 1. The lowest BCUT2D eigenvalue weighted by molar-refractivity contribution is -0.0328. The molecule has 0 bridgehead atoms. The van der Waals surface area contributed by atoms with Crippen molar-refractivity contribution in [2.45, 2.75) is 16.4 Å². The van der Waals surface area contributed by atoms with Gasteiger partial charge in [0.1, 0.15) is 0 Å². The van der Waals surface area contributed by atoms with Gasteiger partial charge in [0.05, 0.1) is 12.6 Å². The number of rotatable bonds is 3. The summed E-state index contributed by atoms with van der Waals surface area (Å²) in [4.78, 5) is 0.0338. The maximum Gasteiger partial charge on any atom is 0.446 e. The number of aliphatic hydroxyl groups is 1.